The first kappa shape index (κ1) is 13.2. The van der Waals surface area contributed by atoms with Crippen molar-refractivity contribution in [1.82, 2.24) is 9.97 Å². The molecule has 2 heterocycles. The van der Waals surface area contributed by atoms with Gasteiger partial charge >= 0.3 is 0 Å². The maximum absolute atomic E-state index is 5.77. The zero-order valence-corrected chi connectivity index (χ0v) is 11.8. The molecule has 108 valence electrons. The van der Waals surface area contributed by atoms with Crippen molar-refractivity contribution in [2.45, 2.75) is 38.6 Å². The summed E-state index contributed by atoms with van der Waals surface area (Å²) in [5.74, 6) is 2.60. The van der Waals surface area contributed by atoms with Gasteiger partial charge in [0.1, 0.15) is 5.82 Å². The highest BCUT2D eigenvalue weighted by atomic mass is 16.5. The second kappa shape index (κ2) is 5.71. The highest BCUT2D eigenvalue weighted by Gasteiger charge is 2.13. The summed E-state index contributed by atoms with van der Waals surface area (Å²) in [4.78, 5) is 7.97. The Bertz CT molecular complexity index is 549. The third-order valence-corrected chi connectivity index (χ3v) is 3.47. The van der Waals surface area contributed by atoms with Gasteiger partial charge in [0, 0.05) is 31.0 Å². The molecule has 1 aromatic carbocycles. The van der Waals surface area contributed by atoms with Crippen LogP contribution in [0.5, 0.6) is 11.5 Å². The Kier molecular flexibility index (Phi) is 3.78. The molecule has 1 aliphatic heterocycles. The molecular weight excluding hydrogens is 254 g/mol. The number of nitrogens with zero attached hydrogens (tertiary/aromatic N) is 1. The minimum atomic E-state index is 0.247. The second-order valence-electron chi connectivity index (χ2n) is 5.42. The van der Waals surface area contributed by atoms with Gasteiger partial charge < -0.3 is 20.2 Å². The molecule has 1 atom stereocenters. The number of imidazole rings is 1. The van der Waals surface area contributed by atoms with Gasteiger partial charge in [-0.25, -0.2) is 4.98 Å². The van der Waals surface area contributed by atoms with Crippen molar-refractivity contribution in [2.24, 2.45) is 5.73 Å². The fourth-order valence-corrected chi connectivity index (χ4v) is 2.43. The summed E-state index contributed by atoms with van der Waals surface area (Å²) >= 11 is 0. The van der Waals surface area contributed by atoms with Crippen molar-refractivity contribution in [3.8, 4) is 11.5 Å². The lowest BCUT2D eigenvalue weighted by Gasteiger charge is -2.05. The highest BCUT2D eigenvalue weighted by molar-refractivity contribution is 5.79. The molecule has 0 fully saturated rings. The number of H-pyrrole nitrogens is 1. The number of aromatic nitrogens is 2. The van der Waals surface area contributed by atoms with E-state index in [1.54, 1.807) is 0 Å². The van der Waals surface area contributed by atoms with Crippen LogP contribution in [0, 0.1) is 0 Å². The smallest absolute Gasteiger partial charge is 0.163 e. The van der Waals surface area contributed by atoms with Crippen LogP contribution in [0.15, 0.2) is 12.1 Å². The van der Waals surface area contributed by atoms with Crippen LogP contribution in [0.25, 0.3) is 11.0 Å². The molecule has 0 spiro atoms. The molecule has 2 aromatic rings. The summed E-state index contributed by atoms with van der Waals surface area (Å²) in [6, 6.07) is 4.19. The molecule has 0 radical (unpaired) electrons. The maximum Gasteiger partial charge on any atom is 0.163 e. The third-order valence-electron chi connectivity index (χ3n) is 3.47. The molecule has 3 N–H and O–H groups in total. The van der Waals surface area contributed by atoms with E-state index in [2.05, 4.69) is 9.97 Å². The second-order valence-corrected chi connectivity index (χ2v) is 5.42. The van der Waals surface area contributed by atoms with Gasteiger partial charge in [-0.15, -0.1) is 0 Å². The van der Waals surface area contributed by atoms with E-state index >= 15 is 0 Å². The minimum Gasteiger partial charge on any atom is -0.489 e. The molecule has 0 amide bonds. The van der Waals surface area contributed by atoms with Crippen LogP contribution in [0.3, 0.4) is 0 Å². The van der Waals surface area contributed by atoms with Crippen LogP contribution < -0.4 is 15.2 Å². The Morgan fingerprint density at radius 2 is 2.05 bits per heavy atom. The average molecular weight is 275 g/mol. The fourth-order valence-electron chi connectivity index (χ4n) is 2.43. The molecule has 5 heteroatoms. The third kappa shape index (κ3) is 2.88. The first-order chi connectivity index (χ1) is 9.72. The summed E-state index contributed by atoms with van der Waals surface area (Å²) in [5.41, 5.74) is 7.71. The van der Waals surface area contributed by atoms with Gasteiger partial charge in [-0.1, -0.05) is 0 Å². The monoisotopic (exact) mass is 275 g/mol. The van der Waals surface area contributed by atoms with Crippen LogP contribution >= 0.6 is 0 Å². The van der Waals surface area contributed by atoms with Gasteiger partial charge in [0.05, 0.1) is 24.2 Å². The molecule has 1 unspecified atom stereocenters. The molecule has 5 nitrogen and oxygen atoms in total. The summed E-state index contributed by atoms with van der Waals surface area (Å²) in [5, 5.41) is 0. The number of benzene rings is 1. The quantitative estimate of drug-likeness (QED) is 0.898. The zero-order valence-electron chi connectivity index (χ0n) is 11.8. The zero-order chi connectivity index (χ0) is 13.9. The molecular formula is C15H21N3O2. The van der Waals surface area contributed by atoms with Gasteiger partial charge in [0.15, 0.2) is 11.5 Å². The molecule has 0 aliphatic carbocycles. The van der Waals surface area contributed by atoms with E-state index in [9.17, 15) is 0 Å². The number of hydrogen-bond acceptors (Lipinski definition) is 4. The van der Waals surface area contributed by atoms with Crippen molar-refractivity contribution in [1.29, 1.82) is 0 Å². The average Bonchev–Trinajstić information content (AvgIpc) is 2.64. The van der Waals surface area contributed by atoms with Crippen LogP contribution in [0.4, 0.5) is 0 Å². The van der Waals surface area contributed by atoms with E-state index in [0.717, 1.165) is 54.0 Å². The first-order valence-electron chi connectivity index (χ1n) is 7.26. The van der Waals surface area contributed by atoms with Crippen LogP contribution in [0.1, 0.15) is 32.0 Å². The Labute approximate surface area is 118 Å². The van der Waals surface area contributed by atoms with Gasteiger partial charge in [-0.2, -0.15) is 0 Å². The van der Waals surface area contributed by atoms with Crippen LogP contribution in [-0.2, 0) is 6.42 Å². The Balaban J connectivity index is 1.80. The molecule has 3 rings (SSSR count). The topological polar surface area (TPSA) is 73.2 Å². The number of fused-ring (bicyclic) bond motifs is 2. The number of aromatic amines is 1. The minimum absolute atomic E-state index is 0.247. The lowest BCUT2D eigenvalue weighted by atomic mass is 10.1. The fraction of sp³-hybridized carbons (Fsp3) is 0.533. The largest absolute Gasteiger partial charge is 0.489 e. The van der Waals surface area contributed by atoms with Gasteiger partial charge in [0.25, 0.3) is 0 Å². The first-order valence-corrected chi connectivity index (χ1v) is 7.26. The molecule has 0 bridgehead atoms. The predicted molar refractivity (Wildman–Crippen MR) is 78.3 cm³/mol. The summed E-state index contributed by atoms with van der Waals surface area (Å²) < 4.78 is 11.4. The molecule has 0 saturated carbocycles. The number of rotatable bonds is 4. The SMILES string of the molecule is CC(N)CCCc1nc2cc3c(cc2[nH]1)OCCCO3. The standard InChI is InChI=1S/C15H21N3O2/c1-10(16)4-2-5-15-17-11-8-13-14(9-12(11)18-15)20-7-3-6-19-13/h8-10H,2-7,16H2,1H3,(H,17,18). The summed E-state index contributed by atoms with van der Waals surface area (Å²) in [6.45, 7) is 3.43. The molecule has 1 aliphatic rings. The normalized spacial score (nSPS) is 16.1. The van der Waals surface area contributed by atoms with Crippen molar-refractivity contribution in [3.05, 3.63) is 18.0 Å². The number of hydrogen-bond donors (Lipinski definition) is 2. The van der Waals surface area contributed by atoms with Crippen molar-refractivity contribution in [3.63, 3.8) is 0 Å². The van der Waals surface area contributed by atoms with Crippen LogP contribution in [-0.4, -0.2) is 29.2 Å². The van der Waals surface area contributed by atoms with E-state index in [1.807, 2.05) is 19.1 Å². The summed E-state index contributed by atoms with van der Waals surface area (Å²) in [6.07, 6.45) is 3.89. The van der Waals surface area contributed by atoms with E-state index in [0.29, 0.717) is 13.2 Å². The number of aryl methyl sites for hydroxylation is 1. The van der Waals surface area contributed by atoms with Crippen molar-refractivity contribution >= 4 is 11.0 Å². The Hall–Kier alpha value is -1.75. The van der Waals surface area contributed by atoms with Crippen LogP contribution in [0.2, 0.25) is 0 Å². The van der Waals surface area contributed by atoms with Gasteiger partial charge in [0.2, 0.25) is 0 Å². The van der Waals surface area contributed by atoms with Gasteiger partial charge in [-0.05, 0) is 19.8 Å². The number of ether oxygens (including phenoxy) is 2. The highest BCUT2D eigenvalue weighted by Crippen LogP contribution is 2.33. The Morgan fingerprint density at radius 3 is 2.80 bits per heavy atom. The van der Waals surface area contributed by atoms with E-state index in [-0.39, 0.29) is 6.04 Å². The lowest BCUT2D eigenvalue weighted by Crippen LogP contribution is -2.14. The lowest BCUT2D eigenvalue weighted by molar-refractivity contribution is 0.297. The van der Waals surface area contributed by atoms with Crippen molar-refractivity contribution < 1.29 is 9.47 Å². The van der Waals surface area contributed by atoms with Crippen molar-refractivity contribution in [2.75, 3.05) is 13.2 Å². The van der Waals surface area contributed by atoms with E-state index in [4.69, 9.17) is 15.2 Å². The molecule has 20 heavy (non-hydrogen) atoms. The summed E-state index contributed by atoms with van der Waals surface area (Å²) in [7, 11) is 0. The predicted octanol–water partition coefficient (Wildman–Crippen LogP) is 2.39. The van der Waals surface area contributed by atoms with E-state index < -0.39 is 0 Å². The Morgan fingerprint density at radius 1 is 1.30 bits per heavy atom. The maximum atomic E-state index is 5.77. The number of nitrogens with two attached hydrogens (primary N) is 1. The molecule has 0 saturated heterocycles. The van der Waals surface area contributed by atoms with Gasteiger partial charge in [-0.3, -0.25) is 0 Å². The number of nitrogens with one attached hydrogen (secondary N) is 1. The molecule has 1 aromatic heterocycles. The van der Waals surface area contributed by atoms with E-state index in [1.165, 1.54) is 0 Å².